The van der Waals surface area contributed by atoms with Crippen molar-refractivity contribution < 1.29 is 27.5 Å². The Morgan fingerprint density at radius 2 is 1.77 bits per heavy atom. The van der Waals surface area contributed by atoms with Crippen molar-refractivity contribution in [1.82, 2.24) is 15.3 Å². The maximum absolute atomic E-state index is 15.5. The van der Waals surface area contributed by atoms with E-state index < -0.39 is 52.3 Å². The summed E-state index contributed by atoms with van der Waals surface area (Å²) in [4.78, 5) is 32.3. The molecular weight excluding hydrogens is 466 g/mol. The molecule has 0 spiro atoms. The number of phenols is 1. The molecule has 2 atom stereocenters. The number of nitrogens with one attached hydrogen (secondary N) is 2. The van der Waals surface area contributed by atoms with Crippen molar-refractivity contribution >= 4 is 16.8 Å². The van der Waals surface area contributed by atoms with Gasteiger partial charge < -0.3 is 15.4 Å². The number of fused-ring (bicyclic) bond motifs is 1. The van der Waals surface area contributed by atoms with Gasteiger partial charge in [0.05, 0.1) is 34.9 Å². The van der Waals surface area contributed by atoms with E-state index in [1.807, 2.05) is 0 Å². The van der Waals surface area contributed by atoms with Crippen molar-refractivity contribution in [1.29, 1.82) is 0 Å². The van der Waals surface area contributed by atoms with Crippen molar-refractivity contribution in [2.75, 3.05) is 0 Å². The van der Waals surface area contributed by atoms with Gasteiger partial charge in [0, 0.05) is 11.5 Å². The number of hydrogen-bond acceptors (Lipinski definition) is 4. The normalized spacial score (nSPS) is 12.9. The minimum atomic E-state index is -1.41. The Bertz CT molecular complexity index is 1470. The van der Waals surface area contributed by atoms with Gasteiger partial charge in [-0.25, -0.2) is 17.6 Å². The van der Waals surface area contributed by atoms with E-state index in [2.05, 4.69) is 15.3 Å². The number of benzene rings is 2. The maximum Gasteiger partial charge on any atom is 0.255 e. The van der Waals surface area contributed by atoms with E-state index >= 15 is 4.39 Å². The first-order chi connectivity index (χ1) is 16.6. The highest BCUT2D eigenvalue weighted by molar-refractivity contribution is 5.87. The fourth-order valence-corrected chi connectivity index (χ4v) is 3.87. The third kappa shape index (κ3) is 5.01. The van der Waals surface area contributed by atoms with Crippen molar-refractivity contribution in [2.24, 2.45) is 0 Å². The molecule has 0 aliphatic carbocycles. The van der Waals surface area contributed by atoms with Gasteiger partial charge in [-0.05, 0) is 49.2 Å². The Kier molecular flexibility index (Phi) is 6.54. The van der Waals surface area contributed by atoms with E-state index in [4.69, 9.17) is 0 Å². The number of aromatic amines is 1. The molecule has 2 heterocycles. The van der Waals surface area contributed by atoms with E-state index in [0.29, 0.717) is 11.6 Å². The summed E-state index contributed by atoms with van der Waals surface area (Å²) in [7, 11) is 0. The first-order valence-electron chi connectivity index (χ1n) is 10.5. The number of pyridine rings is 2. The van der Waals surface area contributed by atoms with Gasteiger partial charge in [-0.2, -0.15) is 0 Å². The van der Waals surface area contributed by atoms with E-state index in [0.717, 1.165) is 18.3 Å². The highest BCUT2D eigenvalue weighted by Gasteiger charge is 2.30. The zero-order chi connectivity index (χ0) is 25.3. The number of carbonyl (C=O) groups excluding carboxylic acids is 1. The Labute approximate surface area is 196 Å². The number of aromatic nitrogens is 2. The summed E-state index contributed by atoms with van der Waals surface area (Å²) in [6, 6.07) is 8.44. The molecule has 0 bridgehead atoms. The molecule has 4 aromatic rings. The molecule has 0 aliphatic rings. The van der Waals surface area contributed by atoms with Gasteiger partial charge in [-0.1, -0.05) is 12.1 Å². The smallest absolute Gasteiger partial charge is 0.255 e. The molecule has 3 N–H and O–H groups in total. The van der Waals surface area contributed by atoms with E-state index in [-0.39, 0.29) is 28.8 Å². The third-order valence-electron chi connectivity index (χ3n) is 5.59. The van der Waals surface area contributed by atoms with Gasteiger partial charge >= 0.3 is 0 Å². The lowest BCUT2D eigenvalue weighted by atomic mass is 9.90. The fraction of sp³-hybridized carbons (Fsp3) is 0.160. The summed E-state index contributed by atoms with van der Waals surface area (Å²) < 4.78 is 56.7. The first-order valence-corrected chi connectivity index (χ1v) is 10.5. The van der Waals surface area contributed by atoms with Crippen LogP contribution in [0.4, 0.5) is 17.6 Å². The van der Waals surface area contributed by atoms with Crippen LogP contribution in [-0.4, -0.2) is 21.0 Å². The Hall–Kier alpha value is -4.21. The van der Waals surface area contributed by atoms with Crippen LogP contribution in [0.2, 0.25) is 0 Å². The Morgan fingerprint density at radius 1 is 1.06 bits per heavy atom. The molecule has 0 saturated heterocycles. The predicted octanol–water partition coefficient (Wildman–Crippen LogP) is 4.39. The molecule has 0 unspecified atom stereocenters. The standard InChI is InChI=1S/C25H19F4N3O3/c1-12(23-19(28)10-15(27)11-30-23)31-24(34)18(8-13-2-5-16(33)6-3-13)21-22(29)17-9-14(26)4-7-20(17)32-25(21)35/h2-7,9-12,18,33H,8H2,1H3,(H,31,34)(H,32,35)/t12-,18-/m1/s1. The number of nitrogens with zero attached hydrogens (tertiary/aromatic N) is 1. The summed E-state index contributed by atoms with van der Waals surface area (Å²) in [6.07, 6.45) is 0.621. The SMILES string of the molecule is C[C@@H](NC(=O)[C@H](Cc1ccc(O)cc1)c1c(F)c2cc(F)ccc2[nH]c1=O)c1ncc(F)cc1F. The van der Waals surface area contributed by atoms with E-state index in [1.54, 1.807) is 0 Å². The molecule has 6 nitrogen and oxygen atoms in total. The van der Waals surface area contributed by atoms with Crippen molar-refractivity contribution in [2.45, 2.75) is 25.3 Å². The Balaban J connectivity index is 1.77. The van der Waals surface area contributed by atoms with Crippen LogP contribution < -0.4 is 10.9 Å². The molecule has 2 aromatic heterocycles. The maximum atomic E-state index is 15.5. The van der Waals surface area contributed by atoms with Gasteiger partial charge in [0.25, 0.3) is 5.56 Å². The average Bonchev–Trinajstić information content (AvgIpc) is 2.80. The highest BCUT2D eigenvalue weighted by Crippen LogP contribution is 2.28. The lowest BCUT2D eigenvalue weighted by molar-refractivity contribution is -0.123. The minimum absolute atomic E-state index is 0.0357. The molecule has 35 heavy (non-hydrogen) atoms. The van der Waals surface area contributed by atoms with E-state index in [9.17, 15) is 27.9 Å². The molecule has 0 fully saturated rings. The molecule has 0 radical (unpaired) electrons. The summed E-state index contributed by atoms with van der Waals surface area (Å²) in [6.45, 7) is 1.40. The van der Waals surface area contributed by atoms with Gasteiger partial charge in [0.2, 0.25) is 5.91 Å². The number of rotatable bonds is 6. The zero-order valence-corrected chi connectivity index (χ0v) is 18.3. The second-order valence-electron chi connectivity index (χ2n) is 8.05. The van der Waals surface area contributed by atoms with Crippen LogP contribution >= 0.6 is 0 Å². The largest absolute Gasteiger partial charge is 0.508 e. The van der Waals surface area contributed by atoms with Gasteiger partial charge in [-0.15, -0.1) is 0 Å². The van der Waals surface area contributed by atoms with Crippen LogP contribution in [0.5, 0.6) is 5.75 Å². The van der Waals surface area contributed by atoms with Crippen LogP contribution in [0.1, 0.15) is 35.7 Å². The summed E-state index contributed by atoms with van der Waals surface area (Å²) >= 11 is 0. The summed E-state index contributed by atoms with van der Waals surface area (Å²) in [5.74, 6) is -5.98. The number of carbonyl (C=O) groups is 1. The number of aromatic hydroxyl groups is 1. The lowest BCUT2D eigenvalue weighted by Crippen LogP contribution is -2.36. The van der Waals surface area contributed by atoms with Gasteiger partial charge in [0.15, 0.2) is 0 Å². The Morgan fingerprint density at radius 3 is 2.46 bits per heavy atom. The van der Waals surface area contributed by atoms with Gasteiger partial charge in [0.1, 0.15) is 29.0 Å². The number of amides is 1. The predicted molar refractivity (Wildman–Crippen MR) is 120 cm³/mol. The second-order valence-corrected chi connectivity index (χ2v) is 8.05. The highest BCUT2D eigenvalue weighted by atomic mass is 19.1. The van der Waals surface area contributed by atoms with Crippen molar-refractivity contribution in [3.8, 4) is 5.75 Å². The molecule has 10 heteroatoms. The molecular formula is C25H19F4N3O3. The quantitative estimate of drug-likeness (QED) is 0.353. The topological polar surface area (TPSA) is 95.1 Å². The van der Waals surface area contributed by atoms with E-state index in [1.165, 1.54) is 37.3 Å². The molecule has 4 rings (SSSR count). The second kappa shape index (κ2) is 9.57. The van der Waals surface area contributed by atoms with Crippen molar-refractivity contribution in [3.63, 3.8) is 0 Å². The first kappa shape index (κ1) is 23.9. The molecule has 1 amide bonds. The van der Waals surface area contributed by atoms with Crippen LogP contribution in [-0.2, 0) is 11.2 Å². The molecule has 0 saturated carbocycles. The van der Waals surface area contributed by atoms with Crippen LogP contribution in [0.3, 0.4) is 0 Å². The number of phenolic OH excluding ortho intramolecular Hbond substituents is 1. The molecule has 2 aromatic carbocycles. The van der Waals surface area contributed by atoms with Crippen LogP contribution in [0, 0.1) is 23.3 Å². The lowest BCUT2D eigenvalue weighted by Gasteiger charge is -2.21. The third-order valence-corrected chi connectivity index (χ3v) is 5.59. The minimum Gasteiger partial charge on any atom is -0.508 e. The fourth-order valence-electron chi connectivity index (χ4n) is 3.87. The van der Waals surface area contributed by atoms with Crippen LogP contribution in [0.25, 0.3) is 10.9 Å². The molecule has 180 valence electrons. The average molecular weight is 485 g/mol. The summed E-state index contributed by atoms with van der Waals surface area (Å²) in [5.41, 5.74) is -1.14. The summed E-state index contributed by atoms with van der Waals surface area (Å²) in [5, 5.41) is 11.8. The number of H-pyrrole nitrogens is 1. The van der Waals surface area contributed by atoms with Crippen LogP contribution in [0.15, 0.2) is 59.5 Å². The zero-order valence-electron chi connectivity index (χ0n) is 18.3. The van der Waals surface area contributed by atoms with Crippen molar-refractivity contribution in [3.05, 3.63) is 105 Å². The molecule has 0 aliphatic heterocycles. The monoisotopic (exact) mass is 485 g/mol. The number of hydrogen-bond donors (Lipinski definition) is 3. The number of halogens is 4. The van der Waals surface area contributed by atoms with Gasteiger partial charge in [-0.3, -0.25) is 14.6 Å².